The van der Waals surface area contributed by atoms with Crippen LogP contribution in [0.5, 0.6) is 11.5 Å². The molecule has 0 radical (unpaired) electrons. The number of piperidine rings is 1. The lowest BCUT2D eigenvalue weighted by Gasteiger charge is -2.38. The Labute approximate surface area is 201 Å². The average Bonchev–Trinajstić information content (AvgIpc) is 3.31. The average molecular weight is 468 g/mol. The van der Waals surface area contributed by atoms with Crippen molar-refractivity contribution in [3.05, 3.63) is 78.1 Å². The molecule has 1 aromatic heterocycles. The van der Waals surface area contributed by atoms with Gasteiger partial charge in [-0.2, -0.15) is 0 Å². The van der Waals surface area contributed by atoms with E-state index in [4.69, 9.17) is 9.47 Å². The van der Waals surface area contributed by atoms with Crippen molar-refractivity contribution in [1.29, 1.82) is 0 Å². The first-order valence-electron chi connectivity index (χ1n) is 12.1. The molecule has 0 bridgehead atoms. The summed E-state index contributed by atoms with van der Waals surface area (Å²) in [7, 11) is 0. The van der Waals surface area contributed by atoms with E-state index in [1.54, 1.807) is 18.2 Å². The van der Waals surface area contributed by atoms with Gasteiger partial charge in [-0.05, 0) is 49.1 Å². The smallest absolute Gasteiger partial charge is 0.165 e. The predicted octanol–water partition coefficient (Wildman–Crippen LogP) is 4.46. The molecule has 2 aromatic carbocycles. The van der Waals surface area contributed by atoms with Crippen LogP contribution in [0.4, 0.5) is 4.39 Å². The summed E-state index contributed by atoms with van der Waals surface area (Å²) >= 11 is 0. The zero-order valence-electron chi connectivity index (χ0n) is 19.8. The Morgan fingerprint density at radius 3 is 2.71 bits per heavy atom. The number of aryl methyl sites for hydroxylation is 2. The fraction of sp³-hybridized carbons (Fsp3) is 0.444. The molecule has 182 valence electrons. The van der Waals surface area contributed by atoms with Crippen LogP contribution in [0.15, 0.2) is 60.9 Å². The monoisotopic (exact) mass is 467 g/mol. The fourth-order valence-corrected chi connectivity index (χ4v) is 4.32. The van der Waals surface area contributed by atoms with Crippen LogP contribution in [0.2, 0.25) is 0 Å². The molecule has 1 saturated heterocycles. The topological polar surface area (TPSA) is 59.8 Å². The second-order valence-electron chi connectivity index (χ2n) is 8.96. The number of halogens is 1. The standard InChI is InChI=1S/C27H34FN3O3/c1-2-26-29-13-17-31(26)14-6-18-33-23-8-5-7-22(19-23)20-30-15-11-27(32,12-16-30)21-34-25-10-4-3-9-24(25)28/h3-5,7-10,13,17,19,32H,2,6,11-12,14-16,18,20-21H2,1H3. The molecule has 0 atom stereocenters. The first kappa shape index (κ1) is 24.2. The SMILES string of the molecule is CCc1nccn1CCCOc1cccc(CN2CCC(O)(COc3ccccc3F)CC2)c1. The Bertz CT molecular complexity index is 1050. The third kappa shape index (κ3) is 6.58. The van der Waals surface area contributed by atoms with Gasteiger partial charge in [0.05, 0.1) is 6.61 Å². The van der Waals surface area contributed by atoms with Gasteiger partial charge < -0.3 is 19.1 Å². The highest BCUT2D eigenvalue weighted by Gasteiger charge is 2.33. The van der Waals surface area contributed by atoms with Crippen molar-refractivity contribution in [3.8, 4) is 11.5 Å². The van der Waals surface area contributed by atoms with E-state index in [0.29, 0.717) is 19.4 Å². The van der Waals surface area contributed by atoms with E-state index in [0.717, 1.165) is 50.6 Å². The number of hydrogen-bond acceptors (Lipinski definition) is 5. The molecule has 0 unspecified atom stereocenters. The van der Waals surface area contributed by atoms with Gasteiger partial charge in [0.1, 0.15) is 23.8 Å². The number of rotatable bonds is 11. The van der Waals surface area contributed by atoms with Gasteiger partial charge in [0.25, 0.3) is 0 Å². The maximum atomic E-state index is 13.8. The lowest BCUT2D eigenvalue weighted by Crippen LogP contribution is -2.47. The maximum absolute atomic E-state index is 13.8. The third-order valence-electron chi connectivity index (χ3n) is 6.35. The Morgan fingerprint density at radius 2 is 1.91 bits per heavy atom. The van der Waals surface area contributed by atoms with Crippen molar-refractivity contribution in [2.24, 2.45) is 0 Å². The van der Waals surface area contributed by atoms with E-state index in [2.05, 4.69) is 33.5 Å². The molecule has 1 fully saturated rings. The van der Waals surface area contributed by atoms with Crippen molar-refractivity contribution in [3.63, 3.8) is 0 Å². The molecule has 1 aliphatic heterocycles. The quantitative estimate of drug-likeness (QED) is 0.422. The summed E-state index contributed by atoms with van der Waals surface area (Å²) < 4.78 is 27.5. The molecule has 0 aliphatic carbocycles. The third-order valence-corrected chi connectivity index (χ3v) is 6.35. The van der Waals surface area contributed by atoms with Gasteiger partial charge in [-0.15, -0.1) is 0 Å². The minimum atomic E-state index is -0.934. The zero-order chi connectivity index (χ0) is 23.8. The Hall–Kier alpha value is -2.90. The Balaban J connectivity index is 1.20. The van der Waals surface area contributed by atoms with Gasteiger partial charge in [-0.3, -0.25) is 4.90 Å². The van der Waals surface area contributed by atoms with E-state index in [9.17, 15) is 9.50 Å². The summed E-state index contributed by atoms with van der Waals surface area (Å²) in [5.41, 5.74) is 0.254. The highest BCUT2D eigenvalue weighted by Crippen LogP contribution is 2.26. The van der Waals surface area contributed by atoms with Crippen LogP contribution in [0.1, 0.15) is 37.6 Å². The van der Waals surface area contributed by atoms with Crippen molar-refractivity contribution in [2.75, 3.05) is 26.3 Å². The van der Waals surface area contributed by atoms with Gasteiger partial charge >= 0.3 is 0 Å². The molecule has 1 N–H and O–H groups in total. The molecule has 2 heterocycles. The number of hydrogen-bond donors (Lipinski definition) is 1. The number of para-hydroxylation sites is 1. The molecule has 6 nitrogen and oxygen atoms in total. The largest absolute Gasteiger partial charge is 0.494 e. The highest BCUT2D eigenvalue weighted by molar-refractivity contribution is 5.28. The van der Waals surface area contributed by atoms with E-state index in [1.807, 2.05) is 24.5 Å². The molecule has 0 amide bonds. The number of imidazole rings is 1. The van der Waals surface area contributed by atoms with Crippen LogP contribution >= 0.6 is 0 Å². The van der Waals surface area contributed by atoms with Crippen LogP contribution in [0.3, 0.4) is 0 Å². The summed E-state index contributed by atoms with van der Waals surface area (Å²) in [6.45, 7) is 6.09. The highest BCUT2D eigenvalue weighted by atomic mass is 19.1. The summed E-state index contributed by atoms with van der Waals surface area (Å²) in [6, 6.07) is 14.5. The maximum Gasteiger partial charge on any atom is 0.165 e. The molecule has 3 aromatic rings. The molecule has 0 saturated carbocycles. The summed E-state index contributed by atoms with van der Waals surface area (Å²) in [5, 5.41) is 10.9. The van der Waals surface area contributed by atoms with Crippen LogP contribution in [-0.4, -0.2) is 51.5 Å². The normalized spacial score (nSPS) is 15.9. The summed E-state index contributed by atoms with van der Waals surface area (Å²) in [4.78, 5) is 6.68. The Kier molecular flexibility index (Phi) is 8.19. The number of aromatic nitrogens is 2. The molecule has 4 rings (SSSR count). The molecule has 34 heavy (non-hydrogen) atoms. The minimum absolute atomic E-state index is 0.101. The van der Waals surface area contributed by atoms with Gasteiger partial charge in [0.15, 0.2) is 11.6 Å². The molecular formula is C27H34FN3O3. The van der Waals surface area contributed by atoms with Crippen LogP contribution in [0.25, 0.3) is 0 Å². The van der Waals surface area contributed by atoms with Crippen molar-refractivity contribution in [2.45, 2.75) is 51.3 Å². The van der Waals surface area contributed by atoms with Crippen molar-refractivity contribution < 1.29 is 19.0 Å². The number of aliphatic hydroxyl groups is 1. The van der Waals surface area contributed by atoms with E-state index in [-0.39, 0.29) is 12.4 Å². The second kappa shape index (κ2) is 11.5. The molecular weight excluding hydrogens is 433 g/mol. The number of benzene rings is 2. The van der Waals surface area contributed by atoms with Gasteiger partial charge in [-0.1, -0.05) is 31.2 Å². The zero-order valence-corrected chi connectivity index (χ0v) is 19.8. The fourth-order valence-electron chi connectivity index (χ4n) is 4.32. The van der Waals surface area contributed by atoms with Crippen molar-refractivity contribution in [1.82, 2.24) is 14.5 Å². The lowest BCUT2D eigenvalue weighted by molar-refractivity contribution is -0.0543. The minimum Gasteiger partial charge on any atom is -0.494 e. The predicted molar refractivity (Wildman–Crippen MR) is 130 cm³/mol. The Morgan fingerprint density at radius 1 is 1.09 bits per heavy atom. The van der Waals surface area contributed by atoms with Crippen LogP contribution in [0, 0.1) is 5.82 Å². The first-order chi connectivity index (χ1) is 16.5. The van der Waals surface area contributed by atoms with E-state index >= 15 is 0 Å². The van der Waals surface area contributed by atoms with Gasteiger partial charge in [0.2, 0.25) is 0 Å². The number of likely N-dealkylation sites (tertiary alicyclic amines) is 1. The molecule has 1 aliphatic rings. The van der Waals surface area contributed by atoms with Crippen LogP contribution in [-0.2, 0) is 19.5 Å². The number of ether oxygens (including phenoxy) is 2. The van der Waals surface area contributed by atoms with Crippen LogP contribution < -0.4 is 9.47 Å². The molecule has 7 heteroatoms. The van der Waals surface area contributed by atoms with E-state index in [1.165, 1.54) is 11.6 Å². The number of nitrogens with zero attached hydrogens (tertiary/aromatic N) is 3. The first-order valence-corrected chi connectivity index (χ1v) is 12.1. The second-order valence-corrected chi connectivity index (χ2v) is 8.96. The van der Waals surface area contributed by atoms with Gasteiger partial charge in [0, 0.05) is 45.0 Å². The van der Waals surface area contributed by atoms with E-state index < -0.39 is 11.4 Å². The summed E-state index contributed by atoms with van der Waals surface area (Å²) in [5.74, 6) is 1.77. The molecule has 0 spiro atoms. The van der Waals surface area contributed by atoms with Crippen molar-refractivity contribution >= 4 is 0 Å². The lowest BCUT2D eigenvalue weighted by atomic mass is 9.92. The summed E-state index contributed by atoms with van der Waals surface area (Å²) in [6.07, 6.45) is 6.90. The van der Waals surface area contributed by atoms with Gasteiger partial charge in [-0.25, -0.2) is 9.37 Å².